The number of carbonyl (C=O) groups is 1. The van der Waals surface area contributed by atoms with Gasteiger partial charge in [0, 0.05) is 49.9 Å². The lowest BCUT2D eigenvalue weighted by Crippen LogP contribution is -2.46. The lowest BCUT2D eigenvalue weighted by molar-refractivity contribution is -0.122. The molecule has 2 aromatic carbocycles. The SMILES string of the molecule is C#CC1CC2=C(OCc3ccc(CN4CCN(c5ccc(C#N)c(CCOCC6(O)CCC6)c5)CC4)cc3F)C=CCC2C1=O. The maximum Gasteiger partial charge on any atom is 0.155 e. The maximum atomic E-state index is 15.1. The summed E-state index contributed by atoms with van der Waals surface area (Å²) in [6.45, 7) is 4.92. The van der Waals surface area contributed by atoms with Crippen LogP contribution >= 0.6 is 0 Å². The Morgan fingerprint density at radius 3 is 2.64 bits per heavy atom. The fourth-order valence-electron chi connectivity index (χ4n) is 6.76. The minimum absolute atomic E-state index is 0.0813. The number of fused-ring (bicyclic) bond motifs is 1. The Kier molecular flexibility index (Phi) is 9.37. The molecule has 1 saturated heterocycles. The fourth-order valence-corrected chi connectivity index (χ4v) is 6.76. The second kappa shape index (κ2) is 13.6. The van der Waals surface area contributed by atoms with E-state index < -0.39 is 11.5 Å². The molecule has 3 fully saturated rings. The maximum absolute atomic E-state index is 15.1. The molecule has 7 nitrogen and oxygen atoms in total. The van der Waals surface area contributed by atoms with Gasteiger partial charge in [0.15, 0.2) is 5.78 Å². The highest BCUT2D eigenvalue weighted by Gasteiger charge is 2.39. The van der Waals surface area contributed by atoms with Crippen LogP contribution < -0.4 is 4.90 Å². The van der Waals surface area contributed by atoms with E-state index in [4.69, 9.17) is 15.9 Å². The van der Waals surface area contributed by atoms with Gasteiger partial charge in [0.1, 0.15) is 18.2 Å². The van der Waals surface area contributed by atoms with E-state index in [9.17, 15) is 15.2 Å². The first-order chi connectivity index (χ1) is 21.9. The fraction of sp³-hybridized carbons (Fsp3) is 0.459. The molecule has 0 spiro atoms. The number of nitriles is 1. The average Bonchev–Trinajstić information content (AvgIpc) is 3.38. The molecule has 1 N–H and O–H groups in total. The number of piperazine rings is 1. The van der Waals surface area contributed by atoms with Gasteiger partial charge in [0.2, 0.25) is 0 Å². The molecule has 2 atom stereocenters. The number of benzene rings is 2. The molecule has 2 aromatic rings. The number of rotatable bonds is 11. The third-order valence-electron chi connectivity index (χ3n) is 9.71. The molecule has 4 aliphatic rings. The summed E-state index contributed by atoms with van der Waals surface area (Å²) in [5.41, 5.74) is 4.37. The van der Waals surface area contributed by atoms with E-state index >= 15 is 4.39 Å². The van der Waals surface area contributed by atoms with E-state index in [0.717, 1.165) is 67.8 Å². The van der Waals surface area contributed by atoms with Gasteiger partial charge in [-0.1, -0.05) is 24.1 Å². The number of halogens is 1. The first kappa shape index (κ1) is 31.0. The number of ether oxygens (including phenoxy) is 2. The molecular formula is C37H40FN3O4. The summed E-state index contributed by atoms with van der Waals surface area (Å²) in [5, 5.41) is 19.9. The number of hydrogen-bond acceptors (Lipinski definition) is 7. The molecule has 45 heavy (non-hydrogen) atoms. The third-order valence-corrected chi connectivity index (χ3v) is 9.71. The summed E-state index contributed by atoms with van der Waals surface area (Å²) in [6, 6.07) is 13.6. The van der Waals surface area contributed by atoms with Crippen molar-refractivity contribution < 1.29 is 23.8 Å². The summed E-state index contributed by atoms with van der Waals surface area (Å²) in [4.78, 5) is 17.1. The van der Waals surface area contributed by atoms with Crippen molar-refractivity contribution in [1.29, 1.82) is 5.26 Å². The van der Waals surface area contributed by atoms with E-state index in [-0.39, 0.29) is 24.1 Å². The van der Waals surface area contributed by atoms with Crippen LogP contribution in [0.2, 0.25) is 0 Å². The van der Waals surface area contributed by atoms with Crippen LogP contribution in [-0.4, -0.2) is 60.8 Å². The zero-order chi connectivity index (χ0) is 31.4. The van der Waals surface area contributed by atoms with Crippen LogP contribution in [0.25, 0.3) is 0 Å². The number of terminal acetylenes is 1. The number of aliphatic hydroxyl groups is 1. The standard InChI is InChI=1S/C37H40FN3O4/c1-2-27-21-33-32(36(27)42)5-3-6-35(33)45-24-30-8-7-26(19-34(30)38)23-40-14-16-41(17-15-40)31-10-9-29(22-39)28(20-31)11-18-44-25-37(43)12-4-13-37/h1,3,6-10,19-20,27,32,43H,4-5,11-18,21,23-25H2. The normalized spacial score (nSPS) is 22.5. The summed E-state index contributed by atoms with van der Waals surface area (Å²) in [5.74, 6) is 2.41. The number of allylic oxidation sites excluding steroid dienone is 3. The van der Waals surface area contributed by atoms with Gasteiger partial charge in [-0.15, -0.1) is 6.42 Å². The Morgan fingerprint density at radius 1 is 1.11 bits per heavy atom. The van der Waals surface area contributed by atoms with Gasteiger partial charge in [0.05, 0.1) is 36.4 Å². The van der Waals surface area contributed by atoms with E-state index in [2.05, 4.69) is 27.9 Å². The molecule has 234 valence electrons. The Morgan fingerprint density at radius 2 is 1.93 bits per heavy atom. The number of nitrogens with zero attached hydrogens (tertiary/aromatic N) is 3. The minimum atomic E-state index is -0.664. The van der Waals surface area contributed by atoms with Crippen LogP contribution in [0, 0.1) is 41.3 Å². The molecule has 3 aliphatic carbocycles. The van der Waals surface area contributed by atoms with Crippen molar-refractivity contribution in [3.8, 4) is 18.4 Å². The van der Waals surface area contributed by atoms with E-state index in [1.54, 1.807) is 12.1 Å². The summed E-state index contributed by atoms with van der Waals surface area (Å²) in [6.07, 6.45) is 13.8. The second-order valence-electron chi connectivity index (χ2n) is 12.7. The van der Waals surface area contributed by atoms with Crippen LogP contribution in [0.4, 0.5) is 10.1 Å². The first-order valence-corrected chi connectivity index (χ1v) is 16.0. The molecule has 2 saturated carbocycles. The second-order valence-corrected chi connectivity index (χ2v) is 12.7. The molecule has 0 bridgehead atoms. The lowest BCUT2D eigenvalue weighted by Gasteiger charge is -2.36. The number of ketones is 1. The van der Waals surface area contributed by atoms with Crippen molar-refractivity contribution in [1.82, 2.24) is 4.90 Å². The van der Waals surface area contributed by atoms with Crippen molar-refractivity contribution in [3.05, 3.63) is 88.0 Å². The highest BCUT2D eigenvalue weighted by molar-refractivity contribution is 5.92. The average molecular weight is 610 g/mol. The Labute approximate surface area is 264 Å². The van der Waals surface area contributed by atoms with Gasteiger partial charge < -0.3 is 19.5 Å². The van der Waals surface area contributed by atoms with Gasteiger partial charge in [-0.2, -0.15) is 5.26 Å². The number of hydrogen-bond donors (Lipinski definition) is 1. The molecule has 2 unspecified atom stereocenters. The summed E-state index contributed by atoms with van der Waals surface area (Å²) >= 11 is 0. The summed E-state index contributed by atoms with van der Waals surface area (Å²) < 4.78 is 26.9. The third kappa shape index (κ3) is 6.99. The Hall–Kier alpha value is -3.95. The molecule has 1 heterocycles. The summed E-state index contributed by atoms with van der Waals surface area (Å²) in [7, 11) is 0. The highest BCUT2D eigenvalue weighted by atomic mass is 19.1. The van der Waals surface area contributed by atoms with Crippen LogP contribution in [-0.2, 0) is 33.8 Å². The topological polar surface area (TPSA) is 86.0 Å². The number of carbonyl (C=O) groups excluding carboxylic acids is 1. The van der Waals surface area contributed by atoms with Crippen LogP contribution in [0.5, 0.6) is 0 Å². The molecule has 6 rings (SSSR count). The Bertz CT molecular complexity index is 1570. The van der Waals surface area contributed by atoms with Crippen molar-refractivity contribution in [2.75, 3.05) is 44.3 Å². The molecular weight excluding hydrogens is 569 g/mol. The zero-order valence-electron chi connectivity index (χ0n) is 25.6. The van der Waals surface area contributed by atoms with Crippen molar-refractivity contribution in [3.63, 3.8) is 0 Å². The van der Waals surface area contributed by atoms with Crippen LogP contribution in [0.3, 0.4) is 0 Å². The predicted molar refractivity (Wildman–Crippen MR) is 169 cm³/mol. The molecule has 0 aromatic heterocycles. The number of Topliss-reactive ketones (excluding diaryl/α,β-unsaturated/α-hetero) is 1. The molecule has 0 radical (unpaired) electrons. The Balaban J connectivity index is 0.995. The van der Waals surface area contributed by atoms with Gasteiger partial charge >= 0.3 is 0 Å². The van der Waals surface area contributed by atoms with Crippen LogP contribution in [0.15, 0.2) is 59.9 Å². The monoisotopic (exact) mass is 609 g/mol. The smallest absolute Gasteiger partial charge is 0.155 e. The van der Waals surface area contributed by atoms with Gasteiger partial charge in [-0.05, 0) is 85.6 Å². The highest BCUT2D eigenvalue weighted by Crippen LogP contribution is 2.40. The lowest BCUT2D eigenvalue weighted by atomic mass is 9.81. The van der Waals surface area contributed by atoms with Crippen LogP contribution in [0.1, 0.15) is 54.4 Å². The minimum Gasteiger partial charge on any atom is -0.489 e. The van der Waals surface area contributed by atoms with Crippen molar-refractivity contribution in [2.45, 2.75) is 57.3 Å². The molecule has 1 aliphatic heterocycles. The molecule has 8 heteroatoms. The van der Waals surface area contributed by atoms with E-state index in [1.807, 2.05) is 30.4 Å². The first-order valence-electron chi connectivity index (χ1n) is 16.0. The van der Waals surface area contributed by atoms with Gasteiger partial charge in [0.25, 0.3) is 0 Å². The number of anilines is 1. The van der Waals surface area contributed by atoms with E-state index in [0.29, 0.717) is 55.9 Å². The van der Waals surface area contributed by atoms with Crippen molar-refractivity contribution in [2.24, 2.45) is 11.8 Å². The quantitative estimate of drug-likeness (QED) is 0.282. The van der Waals surface area contributed by atoms with Gasteiger partial charge in [-0.3, -0.25) is 9.69 Å². The predicted octanol–water partition coefficient (Wildman–Crippen LogP) is 5.06. The largest absolute Gasteiger partial charge is 0.489 e. The zero-order valence-corrected chi connectivity index (χ0v) is 25.6. The molecule has 0 amide bonds. The van der Waals surface area contributed by atoms with E-state index in [1.165, 1.54) is 0 Å². The van der Waals surface area contributed by atoms with Crippen molar-refractivity contribution >= 4 is 11.5 Å². The van der Waals surface area contributed by atoms with Gasteiger partial charge in [-0.25, -0.2) is 4.39 Å².